The summed E-state index contributed by atoms with van der Waals surface area (Å²) in [6.07, 6.45) is 0.494. The van der Waals surface area contributed by atoms with Gasteiger partial charge >= 0.3 is 11.9 Å². The predicted octanol–water partition coefficient (Wildman–Crippen LogP) is 2.93. The lowest BCUT2D eigenvalue weighted by Crippen LogP contribution is -2.13. The molecule has 0 aliphatic rings. The van der Waals surface area contributed by atoms with E-state index in [4.69, 9.17) is 9.47 Å². The van der Waals surface area contributed by atoms with Crippen LogP contribution in [-0.4, -0.2) is 32.8 Å². The normalized spacial score (nSPS) is 11.7. The maximum atomic E-state index is 12.0. The van der Waals surface area contributed by atoms with E-state index in [0.29, 0.717) is 17.7 Å². The number of allylic oxidation sites excluding steroid dienone is 1. The van der Waals surface area contributed by atoms with Crippen molar-refractivity contribution >= 4 is 11.9 Å². The first-order valence-electron chi connectivity index (χ1n) is 7.45. The van der Waals surface area contributed by atoms with Crippen molar-refractivity contribution in [3.63, 3.8) is 0 Å². The molecular weight excluding hydrogens is 296 g/mol. The number of carbonyl (C=O) groups is 2. The molecule has 0 aliphatic carbocycles. The van der Waals surface area contributed by atoms with E-state index in [1.807, 2.05) is 32.9 Å². The van der Waals surface area contributed by atoms with Crippen LogP contribution in [0.4, 0.5) is 0 Å². The number of ether oxygens (including phenoxy) is 3. The molecule has 23 heavy (non-hydrogen) atoms. The van der Waals surface area contributed by atoms with E-state index in [1.54, 1.807) is 12.1 Å². The number of rotatable bonds is 7. The predicted molar refractivity (Wildman–Crippen MR) is 87.2 cm³/mol. The summed E-state index contributed by atoms with van der Waals surface area (Å²) in [4.78, 5) is 23.0. The van der Waals surface area contributed by atoms with Gasteiger partial charge in [0.15, 0.2) is 6.61 Å². The largest absolute Gasteiger partial charge is 0.482 e. The van der Waals surface area contributed by atoms with Gasteiger partial charge in [-0.3, -0.25) is 0 Å². The van der Waals surface area contributed by atoms with Crippen LogP contribution in [0.25, 0.3) is 0 Å². The van der Waals surface area contributed by atoms with E-state index >= 15 is 0 Å². The number of methoxy groups -OCH3 is 2. The van der Waals surface area contributed by atoms with Crippen LogP contribution in [0.5, 0.6) is 5.75 Å². The van der Waals surface area contributed by atoms with E-state index in [9.17, 15) is 9.59 Å². The minimum Gasteiger partial charge on any atom is -0.482 e. The van der Waals surface area contributed by atoms with E-state index in [1.165, 1.54) is 14.2 Å². The van der Waals surface area contributed by atoms with Gasteiger partial charge in [0.1, 0.15) is 5.75 Å². The van der Waals surface area contributed by atoms with Crippen LogP contribution >= 0.6 is 0 Å². The summed E-state index contributed by atoms with van der Waals surface area (Å²) in [7, 11) is 2.70. The zero-order valence-corrected chi connectivity index (χ0v) is 14.3. The first-order chi connectivity index (χ1) is 10.9. The van der Waals surface area contributed by atoms with Crippen molar-refractivity contribution in [3.8, 4) is 5.75 Å². The third-order valence-electron chi connectivity index (χ3n) is 3.66. The fraction of sp³-hybridized carbons (Fsp3) is 0.444. The van der Waals surface area contributed by atoms with Gasteiger partial charge in [-0.15, -0.1) is 0 Å². The highest BCUT2D eigenvalue weighted by atomic mass is 16.6. The van der Waals surface area contributed by atoms with Gasteiger partial charge in [0, 0.05) is 12.0 Å². The van der Waals surface area contributed by atoms with Crippen molar-refractivity contribution in [2.45, 2.75) is 27.2 Å². The van der Waals surface area contributed by atoms with Gasteiger partial charge < -0.3 is 14.2 Å². The Hall–Kier alpha value is -2.30. The molecule has 0 N–H and O–H groups in total. The third kappa shape index (κ3) is 5.77. The second kappa shape index (κ2) is 8.98. The van der Waals surface area contributed by atoms with Crippen LogP contribution in [-0.2, 0) is 25.5 Å². The van der Waals surface area contributed by atoms with Gasteiger partial charge in [-0.1, -0.05) is 31.6 Å². The van der Waals surface area contributed by atoms with Gasteiger partial charge in [-0.25, -0.2) is 9.59 Å². The number of hydrogen-bond donors (Lipinski definition) is 0. The van der Waals surface area contributed by atoms with Crippen LogP contribution in [0.2, 0.25) is 0 Å². The van der Waals surface area contributed by atoms with Crippen LogP contribution in [0, 0.1) is 5.92 Å². The lowest BCUT2D eigenvalue weighted by Gasteiger charge is -2.14. The highest BCUT2D eigenvalue weighted by Crippen LogP contribution is 2.21. The molecule has 0 radical (unpaired) electrons. The van der Waals surface area contributed by atoms with Crippen LogP contribution in [0.15, 0.2) is 35.4 Å². The molecule has 0 amide bonds. The first kappa shape index (κ1) is 18.7. The molecule has 5 heteroatoms. The molecule has 0 heterocycles. The summed E-state index contributed by atoms with van der Waals surface area (Å²) < 4.78 is 14.7. The molecular formula is C18H24O5. The molecule has 1 rings (SSSR count). The molecule has 0 saturated heterocycles. The lowest BCUT2D eigenvalue weighted by molar-refractivity contribution is -0.143. The molecule has 0 spiro atoms. The molecule has 0 bridgehead atoms. The average Bonchev–Trinajstić information content (AvgIpc) is 2.57. The Kier molecular flexibility index (Phi) is 7.32. The van der Waals surface area contributed by atoms with E-state index < -0.39 is 5.97 Å². The fourth-order valence-electron chi connectivity index (χ4n) is 1.95. The molecule has 126 valence electrons. The van der Waals surface area contributed by atoms with E-state index in [-0.39, 0.29) is 18.5 Å². The van der Waals surface area contributed by atoms with Crippen LogP contribution in [0.3, 0.4) is 0 Å². The van der Waals surface area contributed by atoms with E-state index in [0.717, 1.165) is 11.1 Å². The molecule has 1 aromatic rings. The number of benzene rings is 1. The Balaban J connectivity index is 2.84. The minimum absolute atomic E-state index is 0.129. The fourth-order valence-corrected chi connectivity index (χ4v) is 1.95. The SMILES string of the molecule is COC(=O)COc1ccc(CC(C(=O)OC)=C(C)C(C)C)cc1. The Morgan fingerprint density at radius 2 is 1.65 bits per heavy atom. The van der Waals surface area contributed by atoms with Gasteiger partial charge in [0.25, 0.3) is 0 Å². The monoisotopic (exact) mass is 320 g/mol. The number of hydrogen-bond acceptors (Lipinski definition) is 5. The summed E-state index contributed by atoms with van der Waals surface area (Å²) in [5, 5.41) is 0. The highest BCUT2D eigenvalue weighted by Gasteiger charge is 2.16. The van der Waals surface area contributed by atoms with Crippen molar-refractivity contribution in [1.82, 2.24) is 0 Å². The Bertz CT molecular complexity index is 570. The zero-order valence-electron chi connectivity index (χ0n) is 14.3. The second-order valence-corrected chi connectivity index (χ2v) is 5.49. The average molecular weight is 320 g/mol. The smallest absolute Gasteiger partial charge is 0.343 e. The van der Waals surface area contributed by atoms with Crippen molar-refractivity contribution in [2.75, 3.05) is 20.8 Å². The Morgan fingerprint density at radius 1 is 1.04 bits per heavy atom. The summed E-state index contributed by atoms with van der Waals surface area (Å²) in [6.45, 7) is 5.91. The van der Waals surface area contributed by atoms with Crippen molar-refractivity contribution in [3.05, 3.63) is 41.0 Å². The minimum atomic E-state index is -0.433. The Labute approximate surface area is 137 Å². The van der Waals surface area contributed by atoms with Gasteiger partial charge in [0.2, 0.25) is 0 Å². The van der Waals surface area contributed by atoms with Crippen LogP contribution < -0.4 is 4.74 Å². The van der Waals surface area contributed by atoms with Gasteiger partial charge in [-0.05, 0) is 30.5 Å². The number of carbonyl (C=O) groups excluding carboxylic acids is 2. The van der Waals surface area contributed by atoms with Crippen molar-refractivity contribution in [2.24, 2.45) is 5.92 Å². The molecule has 0 saturated carbocycles. The molecule has 0 aliphatic heterocycles. The highest BCUT2D eigenvalue weighted by molar-refractivity contribution is 5.89. The molecule has 5 nitrogen and oxygen atoms in total. The summed E-state index contributed by atoms with van der Waals surface area (Å²) in [5.41, 5.74) is 2.66. The third-order valence-corrected chi connectivity index (χ3v) is 3.66. The molecule has 0 unspecified atom stereocenters. The summed E-state index contributed by atoms with van der Waals surface area (Å²) in [6, 6.07) is 7.25. The van der Waals surface area contributed by atoms with Gasteiger partial charge in [0.05, 0.1) is 14.2 Å². The maximum absolute atomic E-state index is 12.0. The Morgan fingerprint density at radius 3 is 2.13 bits per heavy atom. The summed E-state index contributed by atoms with van der Waals surface area (Å²) >= 11 is 0. The van der Waals surface area contributed by atoms with Gasteiger partial charge in [-0.2, -0.15) is 0 Å². The molecule has 0 fully saturated rings. The topological polar surface area (TPSA) is 61.8 Å². The number of esters is 2. The van der Waals surface area contributed by atoms with Crippen LogP contribution in [0.1, 0.15) is 26.3 Å². The first-order valence-corrected chi connectivity index (χ1v) is 7.45. The standard InChI is InChI=1S/C18H24O5/c1-12(2)13(3)16(18(20)22-5)10-14-6-8-15(9-7-14)23-11-17(19)21-4/h6-9,12H,10-11H2,1-5H3. The maximum Gasteiger partial charge on any atom is 0.343 e. The second-order valence-electron chi connectivity index (χ2n) is 5.49. The molecule has 1 aromatic carbocycles. The summed E-state index contributed by atoms with van der Waals surface area (Å²) in [5.74, 6) is 0.106. The quantitative estimate of drug-likeness (QED) is 0.571. The van der Waals surface area contributed by atoms with E-state index in [2.05, 4.69) is 4.74 Å². The molecule has 0 aromatic heterocycles. The zero-order chi connectivity index (χ0) is 17.4. The lowest BCUT2D eigenvalue weighted by atomic mass is 9.94. The van der Waals surface area contributed by atoms with Crippen molar-refractivity contribution in [1.29, 1.82) is 0 Å². The van der Waals surface area contributed by atoms with Crippen molar-refractivity contribution < 1.29 is 23.8 Å². The molecule has 0 atom stereocenters.